The van der Waals surface area contributed by atoms with E-state index in [0.29, 0.717) is 29.6 Å². The van der Waals surface area contributed by atoms with Crippen LogP contribution >= 0.6 is 11.8 Å². The van der Waals surface area contributed by atoms with Crippen LogP contribution in [0.2, 0.25) is 0 Å². The second-order valence-electron chi connectivity index (χ2n) is 7.10. The molecule has 3 saturated heterocycles. The van der Waals surface area contributed by atoms with Gasteiger partial charge in [-0.1, -0.05) is 18.2 Å². The number of carbonyl (C=O) groups excluding carboxylic acids is 2. The number of nitrogens with one attached hydrogen (secondary N) is 2. The Morgan fingerprint density at radius 3 is 2.64 bits per heavy atom. The first-order chi connectivity index (χ1) is 12.1. The van der Waals surface area contributed by atoms with Crippen molar-refractivity contribution < 1.29 is 14.0 Å². The van der Waals surface area contributed by atoms with Crippen molar-refractivity contribution in [2.75, 3.05) is 31.9 Å². The number of halogens is 1. The molecule has 3 heterocycles. The number of amides is 2. The van der Waals surface area contributed by atoms with Crippen LogP contribution in [0.1, 0.15) is 5.56 Å². The molecule has 0 radical (unpaired) electrons. The molecule has 1 aromatic carbocycles. The van der Waals surface area contributed by atoms with E-state index in [2.05, 4.69) is 10.6 Å². The minimum absolute atomic E-state index is 0.0274. The molecule has 4 rings (SSSR count). The van der Waals surface area contributed by atoms with Gasteiger partial charge in [0.1, 0.15) is 11.9 Å². The van der Waals surface area contributed by atoms with Gasteiger partial charge in [-0.3, -0.25) is 9.59 Å². The molecule has 0 aliphatic carbocycles. The quantitative estimate of drug-likeness (QED) is 0.828. The molecular weight excluding hydrogens is 341 g/mol. The third-order valence-corrected chi connectivity index (χ3v) is 6.74. The molecule has 0 bridgehead atoms. The van der Waals surface area contributed by atoms with Crippen molar-refractivity contribution in [3.05, 3.63) is 35.6 Å². The summed E-state index contributed by atoms with van der Waals surface area (Å²) in [5.41, 5.74) is 0.541. The Kier molecular flexibility index (Phi) is 4.69. The van der Waals surface area contributed by atoms with Crippen LogP contribution in [0, 0.1) is 17.7 Å². The van der Waals surface area contributed by atoms with Crippen molar-refractivity contribution in [1.82, 2.24) is 15.5 Å². The van der Waals surface area contributed by atoms with Gasteiger partial charge in [-0.2, -0.15) is 0 Å². The Labute approximate surface area is 150 Å². The summed E-state index contributed by atoms with van der Waals surface area (Å²) >= 11 is 1.45. The Balaban J connectivity index is 1.34. The van der Waals surface area contributed by atoms with Crippen molar-refractivity contribution in [2.24, 2.45) is 11.8 Å². The molecule has 7 heteroatoms. The first-order valence-electron chi connectivity index (χ1n) is 8.76. The first kappa shape index (κ1) is 16.8. The molecule has 0 saturated carbocycles. The normalized spacial score (nSPS) is 31.7. The van der Waals surface area contributed by atoms with Crippen LogP contribution in [0.25, 0.3) is 0 Å². The number of likely N-dealkylation sites (tertiary alicyclic amines) is 1. The van der Waals surface area contributed by atoms with Gasteiger partial charge in [0, 0.05) is 31.9 Å². The van der Waals surface area contributed by atoms with Crippen molar-refractivity contribution in [3.63, 3.8) is 0 Å². The third kappa shape index (κ3) is 3.40. The van der Waals surface area contributed by atoms with E-state index >= 15 is 0 Å². The van der Waals surface area contributed by atoms with Crippen molar-refractivity contribution >= 4 is 23.6 Å². The zero-order chi connectivity index (χ0) is 17.4. The van der Waals surface area contributed by atoms with Gasteiger partial charge in [0.25, 0.3) is 0 Å². The lowest BCUT2D eigenvalue weighted by atomic mass is 10.0. The maximum absolute atomic E-state index is 13.8. The van der Waals surface area contributed by atoms with E-state index in [1.807, 2.05) is 4.90 Å². The maximum Gasteiger partial charge on any atom is 0.246 e. The van der Waals surface area contributed by atoms with Gasteiger partial charge in [-0.05, 0) is 29.9 Å². The summed E-state index contributed by atoms with van der Waals surface area (Å²) in [6, 6.07) is 6.07. The monoisotopic (exact) mass is 363 g/mol. The van der Waals surface area contributed by atoms with E-state index in [0.717, 1.165) is 26.2 Å². The summed E-state index contributed by atoms with van der Waals surface area (Å²) < 4.78 is 13.8. The van der Waals surface area contributed by atoms with Crippen LogP contribution in [0.5, 0.6) is 0 Å². The van der Waals surface area contributed by atoms with E-state index < -0.39 is 6.04 Å². The van der Waals surface area contributed by atoms with Crippen LogP contribution in [-0.2, 0) is 16.0 Å². The summed E-state index contributed by atoms with van der Waals surface area (Å²) in [6.45, 7) is 3.52. The molecule has 5 nitrogen and oxygen atoms in total. The molecule has 3 aliphatic heterocycles. The fourth-order valence-corrected chi connectivity index (χ4v) is 5.17. The van der Waals surface area contributed by atoms with Gasteiger partial charge < -0.3 is 15.5 Å². The van der Waals surface area contributed by atoms with Gasteiger partial charge in [0.2, 0.25) is 11.8 Å². The predicted molar refractivity (Wildman–Crippen MR) is 94.7 cm³/mol. The largest absolute Gasteiger partial charge is 0.343 e. The maximum atomic E-state index is 13.8. The summed E-state index contributed by atoms with van der Waals surface area (Å²) in [5.74, 6) is 1.22. The van der Waals surface area contributed by atoms with E-state index in [1.165, 1.54) is 17.8 Å². The number of carbonyl (C=O) groups is 2. The highest BCUT2D eigenvalue weighted by atomic mass is 32.2. The van der Waals surface area contributed by atoms with Gasteiger partial charge >= 0.3 is 0 Å². The van der Waals surface area contributed by atoms with Gasteiger partial charge in [0.05, 0.1) is 5.25 Å². The van der Waals surface area contributed by atoms with E-state index in [-0.39, 0.29) is 22.9 Å². The number of hydrogen-bond acceptors (Lipinski definition) is 4. The number of nitrogens with zero attached hydrogens (tertiary/aromatic N) is 1. The lowest BCUT2D eigenvalue weighted by molar-refractivity contribution is -0.135. The average molecular weight is 363 g/mol. The molecular formula is C18H22FN3O2S. The molecule has 134 valence electrons. The molecule has 2 amide bonds. The minimum Gasteiger partial charge on any atom is -0.343 e. The Hall–Kier alpha value is -1.60. The van der Waals surface area contributed by atoms with E-state index in [4.69, 9.17) is 0 Å². The Morgan fingerprint density at radius 1 is 1.24 bits per heavy atom. The molecule has 2 unspecified atom stereocenters. The molecule has 25 heavy (non-hydrogen) atoms. The zero-order valence-electron chi connectivity index (χ0n) is 13.9. The zero-order valence-corrected chi connectivity index (χ0v) is 14.7. The smallest absolute Gasteiger partial charge is 0.246 e. The van der Waals surface area contributed by atoms with E-state index in [9.17, 15) is 14.0 Å². The minimum atomic E-state index is -0.457. The van der Waals surface area contributed by atoms with Gasteiger partial charge in [-0.25, -0.2) is 4.39 Å². The van der Waals surface area contributed by atoms with E-state index in [1.54, 1.807) is 18.2 Å². The lowest BCUT2D eigenvalue weighted by Gasteiger charge is -2.31. The van der Waals surface area contributed by atoms with Crippen LogP contribution in [0.3, 0.4) is 0 Å². The molecule has 3 fully saturated rings. The highest BCUT2D eigenvalue weighted by Crippen LogP contribution is 2.28. The van der Waals surface area contributed by atoms with Crippen LogP contribution in [0.15, 0.2) is 24.3 Å². The number of thioether (sulfide) groups is 1. The number of fused-ring (bicyclic) bond motifs is 1. The Bertz CT molecular complexity index is 674. The predicted octanol–water partition coefficient (Wildman–Crippen LogP) is 0.646. The topological polar surface area (TPSA) is 61.4 Å². The first-order valence-corrected chi connectivity index (χ1v) is 9.81. The Morgan fingerprint density at radius 2 is 1.96 bits per heavy atom. The molecule has 0 aromatic heterocycles. The van der Waals surface area contributed by atoms with Crippen molar-refractivity contribution in [1.29, 1.82) is 0 Å². The van der Waals surface area contributed by atoms with Crippen LogP contribution < -0.4 is 10.6 Å². The molecule has 0 spiro atoms. The second-order valence-corrected chi connectivity index (χ2v) is 8.34. The number of hydrogen-bond donors (Lipinski definition) is 2. The SMILES string of the molecule is O=C1NC(C(=O)N2C[C@H]3CNC[C@H]3C2)CSC1Cc1ccccc1F. The lowest BCUT2D eigenvalue weighted by Crippen LogP contribution is -2.55. The van der Waals surface area contributed by atoms with Crippen LogP contribution in [0.4, 0.5) is 4.39 Å². The molecule has 3 aliphatic rings. The molecule has 1 aromatic rings. The fourth-order valence-electron chi connectivity index (χ4n) is 4.00. The average Bonchev–Trinajstić information content (AvgIpc) is 3.19. The van der Waals surface area contributed by atoms with Gasteiger partial charge in [0.15, 0.2) is 0 Å². The van der Waals surface area contributed by atoms with Crippen molar-refractivity contribution in [3.8, 4) is 0 Å². The number of benzene rings is 1. The standard InChI is InChI=1S/C18H22FN3O2S/c19-14-4-2-1-3-11(14)5-16-17(23)21-15(10-25-16)18(24)22-8-12-6-20-7-13(12)9-22/h1-4,12-13,15-16,20H,5-10H2,(H,21,23)/t12-,13+,15?,16?. The number of rotatable bonds is 3. The summed E-state index contributed by atoms with van der Waals surface area (Å²) in [4.78, 5) is 27.0. The molecule has 2 N–H and O–H groups in total. The van der Waals surface area contributed by atoms with Crippen LogP contribution in [-0.4, -0.2) is 59.9 Å². The summed E-state index contributed by atoms with van der Waals surface area (Å²) in [5, 5.41) is 5.88. The third-order valence-electron chi connectivity index (χ3n) is 5.44. The highest BCUT2D eigenvalue weighted by Gasteiger charge is 2.41. The van der Waals surface area contributed by atoms with Crippen molar-refractivity contribution in [2.45, 2.75) is 17.7 Å². The fraction of sp³-hybridized carbons (Fsp3) is 0.556. The van der Waals surface area contributed by atoms with Gasteiger partial charge in [-0.15, -0.1) is 11.8 Å². The summed E-state index contributed by atoms with van der Waals surface area (Å²) in [7, 11) is 0. The summed E-state index contributed by atoms with van der Waals surface area (Å²) in [6.07, 6.45) is 0.351. The second kappa shape index (κ2) is 6.96. The molecule has 4 atom stereocenters. The highest BCUT2D eigenvalue weighted by molar-refractivity contribution is 8.00.